The van der Waals surface area contributed by atoms with E-state index < -0.39 is 0 Å². The molecule has 2 aromatic rings. The van der Waals surface area contributed by atoms with Crippen molar-refractivity contribution in [3.8, 4) is 5.75 Å². The molecule has 0 saturated heterocycles. The van der Waals surface area contributed by atoms with E-state index in [1.54, 1.807) is 7.11 Å². The van der Waals surface area contributed by atoms with Crippen molar-refractivity contribution < 1.29 is 4.74 Å². The molecule has 0 fully saturated rings. The second-order valence-electron chi connectivity index (χ2n) is 11.1. The summed E-state index contributed by atoms with van der Waals surface area (Å²) in [5.74, 6) is 3.15. The van der Waals surface area contributed by atoms with Crippen molar-refractivity contribution in [1.29, 1.82) is 0 Å². The zero-order chi connectivity index (χ0) is 22.7. The van der Waals surface area contributed by atoms with Crippen LogP contribution in [0.2, 0.25) is 0 Å². The van der Waals surface area contributed by atoms with E-state index in [0.29, 0.717) is 0 Å². The summed E-state index contributed by atoms with van der Waals surface area (Å²) in [5, 5.41) is 1.45. The molecule has 1 nitrogen and oxygen atoms in total. The number of rotatable bonds is 4. The van der Waals surface area contributed by atoms with Gasteiger partial charge in [-0.1, -0.05) is 107 Å². The summed E-state index contributed by atoms with van der Waals surface area (Å²) in [6.45, 7) is 20.9. The lowest BCUT2D eigenvalue weighted by molar-refractivity contribution is 0.415. The lowest BCUT2D eigenvalue weighted by Gasteiger charge is -2.32. The number of benzene rings is 2. The Morgan fingerprint density at radius 3 is 1.63 bits per heavy atom. The largest absolute Gasteiger partial charge is 0.497 e. The van der Waals surface area contributed by atoms with Crippen molar-refractivity contribution in [2.24, 2.45) is 0 Å². The van der Waals surface area contributed by atoms with Gasteiger partial charge in [0.15, 0.2) is 0 Å². The van der Waals surface area contributed by atoms with Crippen molar-refractivity contribution >= 4 is 25.4 Å². The van der Waals surface area contributed by atoms with Crippen molar-refractivity contribution in [3.05, 3.63) is 64.7 Å². The van der Waals surface area contributed by atoms with Gasteiger partial charge in [0, 0.05) is 5.30 Å². The fourth-order valence-corrected chi connectivity index (χ4v) is 4.74. The number of allylic oxidation sites excluding steroid dienone is 1. The molecule has 30 heavy (non-hydrogen) atoms. The summed E-state index contributed by atoms with van der Waals surface area (Å²) in [7, 11) is 2.94. The second-order valence-corrected chi connectivity index (χ2v) is 12.1. The Labute approximate surface area is 186 Å². The molecule has 162 valence electrons. The first-order chi connectivity index (χ1) is 13.7. The van der Waals surface area contributed by atoms with Gasteiger partial charge in [0.2, 0.25) is 0 Å². The van der Waals surface area contributed by atoms with Crippen molar-refractivity contribution in [2.45, 2.75) is 78.6 Å². The molecule has 0 unspecified atom stereocenters. The molecule has 0 bridgehead atoms. The molecule has 0 heterocycles. The highest BCUT2D eigenvalue weighted by Crippen LogP contribution is 2.35. The molecule has 0 aliphatic carbocycles. The van der Waals surface area contributed by atoms with Crippen LogP contribution in [0, 0.1) is 0 Å². The first kappa shape index (κ1) is 24.4. The Hall–Kier alpha value is -1.85. The highest BCUT2D eigenvalue weighted by molar-refractivity contribution is 7.48. The van der Waals surface area contributed by atoms with E-state index in [2.05, 4.69) is 105 Å². The minimum Gasteiger partial charge on any atom is -0.497 e. The maximum absolute atomic E-state index is 5.24. The van der Waals surface area contributed by atoms with E-state index in [1.807, 2.05) is 12.1 Å². The highest BCUT2D eigenvalue weighted by Gasteiger charge is 2.28. The number of hydrogen-bond acceptors (Lipinski definition) is 1. The smallest absolute Gasteiger partial charge is 0.118 e. The van der Waals surface area contributed by atoms with E-state index in [0.717, 1.165) is 5.75 Å². The molecular formula is C28H39OP. The van der Waals surface area contributed by atoms with Gasteiger partial charge < -0.3 is 4.74 Å². The van der Waals surface area contributed by atoms with Crippen molar-refractivity contribution in [1.82, 2.24) is 0 Å². The monoisotopic (exact) mass is 422 g/mol. The third-order valence-electron chi connectivity index (χ3n) is 5.29. The van der Waals surface area contributed by atoms with Gasteiger partial charge in [-0.2, -0.15) is 0 Å². The maximum Gasteiger partial charge on any atom is 0.118 e. The standard InChI is InChI=1S/C28H39OP/c1-26(2,3)21-18-23(27(4,5)6)25(24(19-21)28(7,8)9)30-17-11-12-20-13-15-22(29-10)16-14-20/h11-19H,1-10H3/b12-11+. The van der Waals surface area contributed by atoms with E-state index >= 15 is 0 Å². The maximum atomic E-state index is 5.24. The molecule has 0 spiro atoms. The van der Waals surface area contributed by atoms with Crippen LogP contribution in [0.25, 0.3) is 6.08 Å². The van der Waals surface area contributed by atoms with Gasteiger partial charge in [0.1, 0.15) is 5.75 Å². The molecule has 0 aliphatic heterocycles. The quantitative estimate of drug-likeness (QED) is 0.459. The fraction of sp³-hybridized carbons (Fsp3) is 0.464. The van der Waals surface area contributed by atoms with Crippen LogP contribution in [0.3, 0.4) is 0 Å². The van der Waals surface area contributed by atoms with Gasteiger partial charge in [-0.25, -0.2) is 0 Å². The summed E-state index contributed by atoms with van der Waals surface area (Å²) in [6.07, 6.45) is 4.32. The lowest BCUT2D eigenvalue weighted by Crippen LogP contribution is -2.29. The van der Waals surface area contributed by atoms with Gasteiger partial charge in [0.25, 0.3) is 0 Å². The molecule has 2 heteroatoms. The Morgan fingerprint density at radius 2 is 1.23 bits per heavy atom. The molecule has 0 amide bonds. The molecule has 0 atom stereocenters. The molecule has 0 N–H and O–H groups in total. The van der Waals surface area contributed by atoms with Gasteiger partial charge >= 0.3 is 0 Å². The van der Waals surface area contributed by atoms with Gasteiger partial charge in [-0.15, -0.1) is 0 Å². The van der Waals surface area contributed by atoms with Crippen LogP contribution in [-0.2, 0) is 16.2 Å². The van der Waals surface area contributed by atoms with Crippen LogP contribution in [0.1, 0.15) is 84.6 Å². The van der Waals surface area contributed by atoms with E-state index in [-0.39, 0.29) is 16.2 Å². The Balaban J connectivity index is 2.53. The molecule has 0 saturated carbocycles. The predicted octanol–water partition coefficient (Wildman–Crippen LogP) is 7.67. The Bertz CT molecular complexity index is 876. The predicted molar refractivity (Wildman–Crippen MR) is 137 cm³/mol. The summed E-state index contributed by atoms with van der Waals surface area (Å²) >= 11 is 0. The zero-order valence-corrected chi connectivity index (χ0v) is 21.4. The fourth-order valence-electron chi connectivity index (χ4n) is 3.34. The zero-order valence-electron chi connectivity index (χ0n) is 20.6. The molecule has 2 aromatic carbocycles. The Morgan fingerprint density at radius 1 is 0.733 bits per heavy atom. The first-order valence-electron chi connectivity index (χ1n) is 10.8. The third-order valence-corrected chi connectivity index (χ3v) is 6.35. The topological polar surface area (TPSA) is 9.23 Å². The van der Waals surface area contributed by atoms with Crippen LogP contribution in [-0.4, -0.2) is 12.9 Å². The van der Waals surface area contributed by atoms with E-state index in [1.165, 1.54) is 35.8 Å². The van der Waals surface area contributed by atoms with Crippen LogP contribution >= 0.6 is 8.20 Å². The van der Waals surface area contributed by atoms with Crippen LogP contribution < -0.4 is 10.0 Å². The normalized spacial score (nSPS) is 13.4. The summed E-state index contributed by atoms with van der Waals surface area (Å²) in [6, 6.07) is 13.0. The van der Waals surface area contributed by atoms with E-state index in [4.69, 9.17) is 4.74 Å². The second kappa shape index (κ2) is 9.11. The molecular weight excluding hydrogens is 383 g/mol. The average Bonchev–Trinajstić information content (AvgIpc) is 2.63. The van der Waals surface area contributed by atoms with Crippen LogP contribution in [0.15, 0.2) is 42.5 Å². The number of ether oxygens (including phenoxy) is 1. The minimum absolute atomic E-state index is 0.0944. The first-order valence-corrected chi connectivity index (χ1v) is 11.7. The van der Waals surface area contributed by atoms with Crippen LogP contribution in [0.4, 0.5) is 0 Å². The highest BCUT2D eigenvalue weighted by atomic mass is 31.1. The Kier molecular flexibility index (Phi) is 7.41. The summed E-state index contributed by atoms with van der Waals surface area (Å²) in [4.78, 5) is 0. The molecule has 0 radical (unpaired) electrons. The molecule has 0 aliphatic rings. The third kappa shape index (κ3) is 6.32. The van der Waals surface area contributed by atoms with Crippen LogP contribution in [0.5, 0.6) is 5.75 Å². The molecule has 0 aromatic heterocycles. The SMILES string of the molecule is COc1ccc(/C=C/C=Pc2c(C(C)(C)C)cc(C(C)(C)C)cc2C(C)(C)C)cc1. The van der Waals surface area contributed by atoms with Gasteiger partial charge in [-0.3, -0.25) is 0 Å². The molecule has 2 rings (SSSR count). The minimum atomic E-state index is 0.0944. The van der Waals surface area contributed by atoms with Gasteiger partial charge in [-0.05, 0) is 56.4 Å². The number of hydrogen-bond donors (Lipinski definition) is 0. The average molecular weight is 423 g/mol. The summed E-state index contributed by atoms with van der Waals surface area (Å²) in [5.41, 5.74) is 5.83. The number of methoxy groups -OCH3 is 1. The summed E-state index contributed by atoms with van der Waals surface area (Å²) < 4.78 is 5.24. The van der Waals surface area contributed by atoms with Gasteiger partial charge in [0.05, 0.1) is 7.11 Å². The van der Waals surface area contributed by atoms with Crippen molar-refractivity contribution in [3.63, 3.8) is 0 Å². The lowest BCUT2D eigenvalue weighted by atomic mass is 9.75. The van der Waals surface area contributed by atoms with Crippen molar-refractivity contribution in [2.75, 3.05) is 7.11 Å². The van der Waals surface area contributed by atoms with E-state index in [9.17, 15) is 0 Å².